The minimum absolute atomic E-state index is 0.127. The average molecular weight is 447 g/mol. The predicted octanol–water partition coefficient (Wildman–Crippen LogP) is 8.30. The quantitative estimate of drug-likeness (QED) is 0.368. The molecule has 4 rings (SSSR count). The summed E-state index contributed by atoms with van der Waals surface area (Å²) >= 11 is 6.68. The van der Waals surface area contributed by atoms with Crippen molar-refractivity contribution < 1.29 is 4.74 Å². The first-order chi connectivity index (χ1) is 15.3. The lowest BCUT2D eigenvalue weighted by molar-refractivity contribution is 0.381. The highest BCUT2D eigenvalue weighted by Gasteiger charge is 2.35. The van der Waals surface area contributed by atoms with Gasteiger partial charge in [0.2, 0.25) is 0 Å². The van der Waals surface area contributed by atoms with Crippen molar-refractivity contribution in [3.05, 3.63) is 82.4 Å². The van der Waals surface area contributed by atoms with Crippen LogP contribution in [0, 0.1) is 6.92 Å². The molecule has 3 aromatic rings. The summed E-state index contributed by atoms with van der Waals surface area (Å²) in [5, 5.41) is 0.732. The summed E-state index contributed by atoms with van der Waals surface area (Å²) < 4.78 is 5.98. The molecule has 3 nitrogen and oxygen atoms in total. The van der Waals surface area contributed by atoms with Crippen molar-refractivity contribution in [3.63, 3.8) is 0 Å². The summed E-state index contributed by atoms with van der Waals surface area (Å²) in [7, 11) is 0. The van der Waals surface area contributed by atoms with Crippen LogP contribution in [0.2, 0.25) is 5.02 Å². The zero-order valence-corrected chi connectivity index (χ0v) is 20.3. The van der Waals surface area contributed by atoms with Crippen LogP contribution in [0.4, 0.5) is 11.4 Å². The fourth-order valence-electron chi connectivity index (χ4n) is 4.76. The molecule has 3 aromatic carbocycles. The Bertz CT molecular complexity index is 1130. The number of aryl methyl sites for hydroxylation is 1. The highest BCUT2D eigenvalue weighted by Crippen LogP contribution is 2.44. The van der Waals surface area contributed by atoms with Crippen molar-refractivity contribution in [2.75, 3.05) is 11.4 Å². The molecule has 0 saturated carbocycles. The summed E-state index contributed by atoms with van der Waals surface area (Å²) in [5.74, 6) is 2.13. The van der Waals surface area contributed by atoms with E-state index in [1.807, 2.05) is 61.7 Å². The Labute approximate surface area is 196 Å². The molecule has 0 aromatic heterocycles. The molecule has 32 heavy (non-hydrogen) atoms. The number of para-hydroxylation sites is 1. The Morgan fingerprint density at radius 1 is 1.12 bits per heavy atom. The second kappa shape index (κ2) is 8.99. The Kier molecular flexibility index (Phi) is 6.30. The zero-order chi connectivity index (χ0) is 22.9. The third-order valence-electron chi connectivity index (χ3n) is 6.33. The summed E-state index contributed by atoms with van der Waals surface area (Å²) in [6.45, 7) is 12.1. The lowest BCUT2D eigenvalue weighted by Gasteiger charge is -2.47. The number of hydrogen-bond acceptors (Lipinski definition) is 3. The second-order valence-corrected chi connectivity index (χ2v) is 9.62. The maximum atomic E-state index is 6.68. The van der Waals surface area contributed by atoms with Gasteiger partial charge in [-0.25, -0.2) is 0 Å². The smallest absolute Gasteiger partial charge is 0.130 e. The van der Waals surface area contributed by atoms with Gasteiger partial charge in [-0.15, -0.1) is 0 Å². The topological polar surface area (TPSA) is 24.8 Å². The van der Waals surface area contributed by atoms with Crippen LogP contribution in [0.3, 0.4) is 0 Å². The SMILES string of the molecule is CCN1c2cc(Cl)c(C=Nc3ccc(Oc4ccccc4C)cc3)cc2C(C)CC1(C)C. The van der Waals surface area contributed by atoms with Crippen LogP contribution < -0.4 is 9.64 Å². The maximum absolute atomic E-state index is 6.68. The molecule has 1 atom stereocenters. The van der Waals surface area contributed by atoms with Crippen LogP contribution in [0.5, 0.6) is 11.5 Å². The van der Waals surface area contributed by atoms with Crippen molar-refractivity contribution in [2.24, 2.45) is 4.99 Å². The van der Waals surface area contributed by atoms with E-state index in [-0.39, 0.29) is 5.54 Å². The largest absolute Gasteiger partial charge is 0.457 e. The fourth-order valence-corrected chi connectivity index (χ4v) is 4.97. The molecule has 0 radical (unpaired) electrons. The zero-order valence-electron chi connectivity index (χ0n) is 19.5. The van der Waals surface area contributed by atoms with Crippen molar-refractivity contribution in [1.29, 1.82) is 0 Å². The van der Waals surface area contributed by atoms with Crippen LogP contribution in [0.15, 0.2) is 65.7 Å². The van der Waals surface area contributed by atoms with Crippen LogP contribution in [-0.2, 0) is 0 Å². The number of anilines is 1. The Balaban J connectivity index is 1.55. The number of halogens is 1. The van der Waals surface area contributed by atoms with E-state index in [1.165, 1.54) is 11.3 Å². The monoisotopic (exact) mass is 446 g/mol. The van der Waals surface area contributed by atoms with Gasteiger partial charge in [0.1, 0.15) is 11.5 Å². The van der Waals surface area contributed by atoms with Gasteiger partial charge < -0.3 is 9.64 Å². The molecular formula is C28H31ClN2O. The molecule has 0 fully saturated rings. The Morgan fingerprint density at radius 2 is 1.84 bits per heavy atom. The van der Waals surface area contributed by atoms with Gasteiger partial charge in [0, 0.05) is 29.5 Å². The Morgan fingerprint density at radius 3 is 2.53 bits per heavy atom. The van der Waals surface area contributed by atoms with Crippen LogP contribution in [-0.4, -0.2) is 18.3 Å². The molecule has 1 aliphatic heterocycles. The molecule has 0 N–H and O–H groups in total. The molecule has 0 saturated heterocycles. The number of ether oxygens (including phenoxy) is 1. The van der Waals surface area contributed by atoms with Crippen molar-refractivity contribution in [2.45, 2.75) is 52.5 Å². The maximum Gasteiger partial charge on any atom is 0.130 e. The minimum Gasteiger partial charge on any atom is -0.457 e. The second-order valence-electron chi connectivity index (χ2n) is 9.21. The molecule has 0 bridgehead atoms. The number of aliphatic imine (C=N–C) groups is 1. The number of nitrogens with zero attached hydrogens (tertiary/aromatic N) is 2. The van der Waals surface area contributed by atoms with E-state index in [9.17, 15) is 0 Å². The van der Waals surface area contributed by atoms with Gasteiger partial charge in [0.25, 0.3) is 0 Å². The highest BCUT2D eigenvalue weighted by molar-refractivity contribution is 6.33. The van der Waals surface area contributed by atoms with E-state index >= 15 is 0 Å². The van der Waals surface area contributed by atoms with Gasteiger partial charge in [-0.05, 0) is 93.6 Å². The third kappa shape index (κ3) is 4.54. The van der Waals surface area contributed by atoms with Gasteiger partial charge in [-0.3, -0.25) is 4.99 Å². The number of benzene rings is 3. The highest BCUT2D eigenvalue weighted by atomic mass is 35.5. The number of fused-ring (bicyclic) bond motifs is 1. The molecule has 1 unspecified atom stereocenters. The normalized spacial score (nSPS) is 17.4. The fraction of sp³-hybridized carbons (Fsp3) is 0.321. The molecule has 0 amide bonds. The van der Waals surface area contributed by atoms with Crippen molar-refractivity contribution >= 4 is 29.2 Å². The van der Waals surface area contributed by atoms with Crippen molar-refractivity contribution in [1.82, 2.24) is 0 Å². The van der Waals surface area contributed by atoms with E-state index in [2.05, 4.69) is 49.7 Å². The van der Waals surface area contributed by atoms with Crippen LogP contribution >= 0.6 is 11.6 Å². The van der Waals surface area contributed by atoms with Gasteiger partial charge in [0.15, 0.2) is 0 Å². The first kappa shape index (κ1) is 22.4. The van der Waals surface area contributed by atoms with E-state index in [4.69, 9.17) is 16.3 Å². The summed E-state index contributed by atoms with van der Waals surface area (Å²) in [5.41, 5.74) is 5.64. The summed E-state index contributed by atoms with van der Waals surface area (Å²) in [6, 6.07) is 20.1. The van der Waals surface area contributed by atoms with Crippen LogP contribution in [0.1, 0.15) is 56.7 Å². The molecule has 0 aliphatic carbocycles. The first-order valence-electron chi connectivity index (χ1n) is 11.3. The van der Waals surface area contributed by atoms with Crippen LogP contribution in [0.25, 0.3) is 0 Å². The van der Waals surface area contributed by atoms with E-state index in [0.29, 0.717) is 5.92 Å². The van der Waals surface area contributed by atoms with Gasteiger partial charge >= 0.3 is 0 Å². The lowest BCUT2D eigenvalue weighted by atomic mass is 9.79. The van der Waals surface area contributed by atoms with E-state index in [0.717, 1.165) is 46.3 Å². The van der Waals surface area contributed by atoms with E-state index in [1.54, 1.807) is 0 Å². The Hall–Kier alpha value is -2.78. The number of rotatable bonds is 5. The number of hydrogen-bond donors (Lipinski definition) is 0. The summed E-state index contributed by atoms with van der Waals surface area (Å²) in [6.07, 6.45) is 2.98. The van der Waals surface area contributed by atoms with Gasteiger partial charge in [0.05, 0.1) is 10.7 Å². The molecule has 166 valence electrons. The molecule has 1 aliphatic rings. The standard InChI is InChI=1S/C28H31ClN2O/c1-6-31-26-16-25(29)21(15-24(26)20(3)17-28(31,4)5)18-30-22-11-13-23(14-12-22)32-27-10-8-7-9-19(27)2/h7-16,18,20H,6,17H2,1-5H3. The molecule has 0 spiro atoms. The third-order valence-corrected chi connectivity index (χ3v) is 6.66. The first-order valence-corrected chi connectivity index (χ1v) is 11.6. The van der Waals surface area contributed by atoms with Gasteiger partial charge in [-0.2, -0.15) is 0 Å². The van der Waals surface area contributed by atoms with Crippen molar-refractivity contribution in [3.8, 4) is 11.5 Å². The molecule has 4 heteroatoms. The molecular weight excluding hydrogens is 416 g/mol. The predicted molar refractivity (Wildman–Crippen MR) is 137 cm³/mol. The minimum atomic E-state index is 0.127. The molecule has 1 heterocycles. The summed E-state index contributed by atoms with van der Waals surface area (Å²) in [4.78, 5) is 7.13. The van der Waals surface area contributed by atoms with E-state index < -0.39 is 0 Å². The van der Waals surface area contributed by atoms with Gasteiger partial charge in [-0.1, -0.05) is 36.7 Å². The average Bonchev–Trinajstić information content (AvgIpc) is 2.75. The lowest BCUT2D eigenvalue weighted by Crippen LogP contribution is -2.48.